The number of hydrogen-bond acceptors (Lipinski definition) is 6. The van der Waals surface area contributed by atoms with E-state index in [4.69, 9.17) is 28.2 Å². The zero-order valence-corrected chi connectivity index (χ0v) is 20.3. The van der Waals surface area contributed by atoms with Crippen molar-refractivity contribution in [1.29, 1.82) is 0 Å². The van der Waals surface area contributed by atoms with E-state index >= 15 is 0 Å². The van der Waals surface area contributed by atoms with E-state index in [1.807, 2.05) is 18.2 Å². The number of piperazine rings is 1. The Labute approximate surface area is 205 Å². The summed E-state index contributed by atoms with van der Waals surface area (Å²) in [5, 5.41) is 0.891. The average Bonchev–Trinajstić information content (AvgIpc) is 3.19. The van der Waals surface area contributed by atoms with Gasteiger partial charge in [0.25, 0.3) is 5.56 Å². The van der Waals surface area contributed by atoms with Gasteiger partial charge in [0, 0.05) is 56.5 Å². The molecule has 0 bridgehead atoms. The maximum Gasteiger partial charge on any atom is 0.332 e. The minimum absolute atomic E-state index is 0.0424. The normalized spacial score (nSPS) is 14.2. The van der Waals surface area contributed by atoms with Crippen LogP contribution in [0.5, 0.6) is 0 Å². The Bertz CT molecular complexity index is 1490. The Balaban J connectivity index is 1.50. The zero-order chi connectivity index (χ0) is 24.0. The first kappa shape index (κ1) is 22.5. The number of hydrogen-bond donors (Lipinski definition) is 0. The molecular weight excluding hydrogens is 477 g/mol. The first-order valence-electron chi connectivity index (χ1n) is 10.9. The number of imidazole rings is 1. The van der Waals surface area contributed by atoms with Gasteiger partial charge in [-0.15, -0.1) is 0 Å². The third kappa shape index (κ3) is 3.84. The second kappa shape index (κ2) is 8.81. The van der Waals surface area contributed by atoms with Crippen molar-refractivity contribution in [3.8, 4) is 0 Å². The van der Waals surface area contributed by atoms with E-state index in [0.29, 0.717) is 32.7 Å². The summed E-state index contributed by atoms with van der Waals surface area (Å²) in [7, 11) is 3.43. The SMILES string of the molecule is Cn1c(N2CCN(c3ccccn3)CC2)nc2c1c(=O)n(Cc1ccc(Cl)cc1Cl)c(=O)n2C. The molecule has 0 unspecified atom stereocenters. The number of fused-ring (bicyclic) bond motifs is 1. The minimum atomic E-state index is -0.451. The van der Waals surface area contributed by atoms with E-state index in [1.54, 1.807) is 43.1 Å². The fourth-order valence-corrected chi connectivity index (χ4v) is 4.82. The van der Waals surface area contributed by atoms with E-state index in [0.717, 1.165) is 32.0 Å². The van der Waals surface area contributed by atoms with Crippen molar-refractivity contribution in [2.45, 2.75) is 6.54 Å². The Morgan fingerprint density at radius 3 is 2.35 bits per heavy atom. The van der Waals surface area contributed by atoms with E-state index < -0.39 is 11.2 Å². The maximum absolute atomic E-state index is 13.4. The number of halogens is 2. The molecule has 1 fully saturated rings. The van der Waals surface area contributed by atoms with E-state index in [2.05, 4.69) is 14.8 Å². The second-order valence-electron chi connectivity index (χ2n) is 8.27. The molecule has 1 saturated heterocycles. The molecule has 0 N–H and O–H groups in total. The molecule has 4 heterocycles. The van der Waals surface area contributed by atoms with Gasteiger partial charge in [0.1, 0.15) is 5.82 Å². The fraction of sp³-hybridized carbons (Fsp3) is 0.304. The van der Waals surface area contributed by atoms with Gasteiger partial charge in [0.2, 0.25) is 5.95 Å². The van der Waals surface area contributed by atoms with Crippen LogP contribution in [0, 0.1) is 0 Å². The summed E-state index contributed by atoms with van der Waals surface area (Å²) < 4.78 is 4.36. The summed E-state index contributed by atoms with van der Waals surface area (Å²) in [5.74, 6) is 1.60. The third-order valence-corrected chi connectivity index (χ3v) is 6.80. The highest BCUT2D eigenvalue weighted by molar-refractivity contribution is 6.35. The predicted octanol–water partition coefficient (Wildman–Crippen LogP) is 2.51. The summed E-state index contributed by atoms with van der Waals surface area (Å²) in [6.45, 7) is 3.03. The largest absolute Gasteiger partial charge is 0.353 e. The van der Waals surface area contributed by atoms with Crippen LogP contribution in [-0.4, -0.2) is 49.8 Å². The van der Waals surface area contributed by atoms with Gasteiger partial charge in [-0.3, -0.25) is 13.9 Å². The molecule has 34 heavy (non-hydrogen) atoms. The monoisotopic (exact) mass is 499 g/mol. The number of benzene rings is 1. The van der Waals surface area contributed by atoms with Crippen LogP contribution in [0.2, 0.25) is 10.0 Å². The Morgan fingerprint density at radius 1 is 0.941 bits per heavy atom. The lowest BCUT2D eigenvalue weighted by atomic mass is 10.2. The van der Waals surface area contributed by atoms with Crippen molar-refractivity contribution in [2.24, 2.45) is 14.1 Å². The highest BCUT2D eigenvalue weighted by Crippen LogP contribution is 2.23. The van der Waals surface area contributed by atoms with Gasteiger partial charge in [-0.2, -0.15) is 4.98 Å². The minimum Gasteiger partial charge on any atom is -0.353 e. The molecule has 1 aliphatic heterocycles. The first-order valence-corrected chi connectivity index (χ1v) is 11.6. The molecule has 1 aliphatic rings. The number of aryl methyl sites for hydroxylation is 2. The van der Waals surface area contributed by atoms with Crippen LogP contribution < -0.4 is 21.0 Å². The zero-order valence-electron chi connectivity index (χ0n) is 18.8. The van der Waals surface area contributed by atoms with Gasteiger partial charge in [-0.25, -0.2) is 9.78 Å². The molecule has 11 heteroatoms. The molecule has 176 valence electrons. The highest BCUT2D eigenvalue weighted by atomic mass is 35.5. The predicted molar refractivity (Wildman–Crippen MR) is 134 cm³/mol. The highest BCUT2D eigenvalue weighted by Gasteiger charge is 2.25. The van der Waals surface area contributed by atoms with Crippen molar-refractivity contribution in [3.05, 3.63) is 79.0 Å². The Kier molecular flexibility index (Phi) is 5.83. The van der Waals surface area contributed by atoms with Crippen LogP contribution in [-0.2, 0) is 20.6 Å². The van der Waals surface area contributed by atoms with Gasteiger partial charge in [-0.1, -0.05) is 35.3 Å². The molecule has 0 radical (unpaired) electrons. The van der Waals surface area contributed by atoms with Crippen molar-refractivity contribution in [2.75, 3.05) is 36.0 Å². The molecule has 0 spiro atoms. The lowest BCUT2D eigenvalue weighted by molar-refractivity contribution is 0.627. The molecule has 0 saturated carbocycles. The lowest BCUT2D eigenvalue weighted by Crippen LogP contribution is -2.47. The van der Waals surface area contributed by atoms with Gasteiger partial charge >= 0.3 is 5.69 Å². The van der Waals surface area contributed by atoms with Crippen LogP contribution in [0.4, 0.5) is 11.8 Å². The van der Waals surface area contributed by atoms with E-state index in [-0.39, 0.29) is 6.54 Å². The second-order valence-corrected chi connectivity index (χ2v) is 9.12. The molecule has 1 aromatic carbocycles. The first-order chi connectivity index (χ1) is 16.3. The fourth-order valence-electron chi connectivity index (χ4n) is 4.35. The summed E-state index contributed by atoms with van der Waals surface area (Å²) in [4.78, 5) is 40.0. The molecule has 0 atom stereocenters. The van der Waals surface area contributed by atoms with Crippen LogP contribution in [0.25, 0.3) is 11.2 Å². The molecular formula is C23H23Cl2N7O2. The van der Waals surface area contributed by atoms with Crippen molar-refractivity contribution < 1.29 is 0 Å². The molecule has 9 nitrogen and oxygen atoms in total. The van der Waals surface area contributed by atoms with Gasteiger partial charge < -0.3 is 14.4 Å². The number of aromatic nitrogens is 5. The number of nitrogens with zero attached hydrogens (tertiary/aromatic N) is 7. The summed E-state index contributed by atoms with van der Waals surface area (Å²) >= 11 is 12.3. The third-order valence-electron chi connectivity index (χ3n) is 6.22. The van der Waals surface area contributed by atoms with Crippen LogP contribution >= 0.6 is 23.2 Å². The van der Waals surface area contributed by atoms with Crippen molar-refractivity contribution >= 4 is 46.1 Å². The van der Waals surface area contributed by atoms with Crippen molar-refractivity contribution in [1.82, 2.24) is 23.7 Å². The number of rotatable bonds is 4. The number of anilines is 2. The van der Waals surface area contributed by atoms with Gasteiger partial charge in [0.05, 0.1) is 6.54 Å². The molecule has 0 aliphatic carbocycles. The standard InChI is InChI=1S/C23H23Cl2N7O2/c1-28-19-20(27-22(28)31-11-9-30(10-12-31)18-5-3-4-8-26-18)29(2)23(34)32(21(19)33)14-15-6-7-16(24)13-17(15)25/h3-8,13H,9-12,14H2,1-2H3. The molecule has 3 aromatic heterocycles. The van der Waals surface area contributed by atoms with Crippen LogP contribution in [0.15, 0.2) is 52.2 Å². The summed E-state index contributed by atoms with van der Waals surface area (Å²) in [5.41, 5.74) is 0.510. The van der Waals surface area contributed by atoms with Crippen molar-refractivity contribution in [3.63, 3.8) is 0 Å². The van der Waals surface area contributed by atoms with E-state index in [9.17, 15) is 9.59 Å². The van der Waals surface area contributed by atoms with Gasteiger partial charge in [-0.05, 0) is 29.8 Å². The summed E-state index contributed by atoms with van der Waals surface area (Å²) in [6.07, 6.45) is 1.79. The Morgan fingerprint density at radius 2 is 1.68 bits per heavy atom. The number of pyridine rings is 1. The van der Waals surface area contributed by atoms with Gasteiger partial charge in [0.15, 0.2) is 11.2 Å². The lowest BCUT2D eigenvalue weighted by Gasteiger charge is -2.35. The van der Waals surface area contributed by atoms with E-state index in [1.165, 1.54) is 9.13 Å². The molecule has 4 aromatic rings. The topological polar surface area (TPSA) is 81.2 Å². The quantitative estimate of drug-likeness (QED) is 0.429. The molecule has 5 rings (SSSR count). The molecule has 0 amide bonds. The Hall–Kier alpha value is -3.30. The summed E-state index contributed by atoms with van der Waals surface area (Å²) in [6, 6.07) is 10.9. The van der Waals surface area contributed by atoms with Crippen LogP contribution in [0.1, 0.15) is 5.56 Å². The smallest absolute Gasteiger partial charge is 0.332 e. The average molecular weight is 500 g/mol. The maximum atomic E-state index is 13.4. The van der Waals surface area contributed by atoms with Crippen LogP contribution in [0.3, 0.4) is 0 Å².